The molecule has 1 aliphatic heterocycles. The third-order valence-electron chi connectivity index (χ3n) is 8.02. The van der Waals surface area contributed by atoms with Crippen molar-refractivity contribution in [3.63, 3.8) is 0 Å². The zero-order chi connectivity index (χ0) is 45.0. The summed E-state index contributed by atoms with van der Waals surface area (Å²) in [6, 6.07) is 4.84. The van der Waals surface area contributed by atoms with Gasteiger partial charge in [-0.2, -0.15) is 5.01 Å². The van der Waals surface area contributed by atoms with Crippen molar-refractivity contribution in [2.45, 2.75) is 163 Å². The number of hydrogen-bond donors (Lipinski definition) is 1. The zero-order valence-corrected chi connectivity index (χ0v) is 37.3. The van der Waals surface area contributed by atoms with Crippen LogP contribution in [-0.2, 0) is 39.7 Å². The van der Waals surface area contributed by atoms with Crippen LogP contribution in [0.4, 0.5) is 14.4 Å². The van der Waals surface area contributed by atoms with E-state index in [1.165, 1.54) is 13.8 Å². The summed E-state index contributed by atoms with van der Waals surface area (Å²) in [4.78, 5) is 66.3. The Hall–Kier alpha value is -5.53. The highest BCUT2D eigenvalue weighted by molar-refractivity contribution is 5.92. The van der Waals surface area contributed by atoms with Crippen molar-refractivity contribution >= 4 is 30.3 Å². The number of nitrogens with one attached hydrogen (secondary N) is 1. The Morgan fingerprint density at radius 3 is 1.83 bits per heavy atom. The minimum atomic E-state index is -2.18. The Morgan fingerprint density at radius 1 is 0.750 bits per heavy atom. The molecule has 14 nitrogen and oxygen atoms in total. The van der Waals surface area contributed by atoms with E-state index < -0.39 is 59.1 Å². The quantitative estimate of drug-likeness (QED) is 0.0267. The molecule has 0 radical (unpaired) electrons. The van der Waals surface area contributed by atoms with Crippen LogP contribution in [-0.4, -0.2) is 64.1 Å². The van der Waals surface area contributed by atoms with Crippen molar-refractivity contribution in [3.05, 3.63) is 84.5 Å². The lowest BCUT2D eigenvalue weighted by atomic mass is 9.92. The number of unbranched alkanes of at least 4 members (excludes halogenated alkanes) is 1. The van der Waals surface area contributed by atoms with Gasteiger partial charge in [-0.3, -0.25) is 4.79 Å². The van der Waals surface area contributed by atoms with E-state index >= 15 is 0 Å². The van der Waals surface area contributed by atoms with Gasteiger partial charge in [0.1, 0.15) is 11.2 Å². The zero-order valence-electron chi connectivity index (χ0n) is 37.3. The Balaban J connectivity index is 2.03. The summed E-state index contributed by atoms with van der Waals surface area (Å²) in [7, 11) is 0. The monoisotopic (exact) mass is 838 g/mol. The number of allylic oxidation sites excluding steroid dienone is 10. The number of fused-ring (bicyclic) bond motifs is 1. The van der Waals surface area contributed by atoms with E-state index in [0.29, 0.717) is 34.9 Å². The molecule has 60 heavy (non-hydrogen) atoms. The van der Waals surface area contributed by atoms with Crippen LogP contribution >= 0.6 is 0 Å². The smallest absolute Gasteiger partial charge is 0.449 e. The van der Waals surface area contributed by atoms with Crippen molar-refractivity contribution in [2.24, 2.45) is 0 Å². The molecule has 0 aromatic heterocycles. The van der Waals surface area contributed by atoms with E-state index in [4.69, 9.17) is 33.2 Å². The SMILES string of the molecule is CC/C=C\C/C=C\C/C=C\C/C=C\C/C=C\CCCC(=O)OC(C)OC(=O)OC(=O)[C@](C)(Cc1ccc2c(c1)OC(C)(C)O2)N(NC(=O)OC(C)(C)C)C(=O)OC(C)(C)C. The Labute approximate surface area is 355 Å². The minimum absolute atomic E-state index is 0.0575. The molecule has 0 saturated heterocycles. The highest BCUT2D eigenvalue weighted by Gasteiger charge is 2.49. The van der Waals surface area contributed by atoms with E-state index in [9.17, 15) is 24.0 Å². The van der Waals surface area contributed by atoms with Crippen LogP contribution in [0, 0.1) is 0 Å². The molecule has 0 bridgehead atoms. The van der Waals surface area contributed by atoms with Crippen molar-refractivity contribution in [1.82, 2.24) is 10.4 Å². The molecule has 1 N–H and O–H groups in total. The maximum absolute atomic E-state index is 14.0. The number of benzene rings is 1. The molecule has 1 unspecified atom stereocenters. The number of hydrazine groups is 1. The number of ether oxygens (including phenoxy) is 7. The summed E-state index contributed by atoms with van der Waals surface area (Å²) in [5.41, 5.74) is -1.51. The molecular weight excluding hydrogens is 773 g/mol. The molecule has 0 saturated carbocycles. The van der Waals surface area contributed by atoms with Gasteiger partial charge in [-0.15, -0.1) is 0 Å². The highest BCUT2D eigenvalue weighted by Crippen LogP contribution is 2.40. The first-order chi connectivity index (χ1) is 28.0. The lowest BCUT2D eigenvalue weighted by molar-refractivity contribution is -0.172. The van der Waals surface area contributed by atoms with Crippen molar-refractivity contribution in [2.75, 3.05) is 0 Å². The number of carbonyl (C=O) groups excluding carboxylic acids is 5. The van der Waals surface area contributed by atoms with Gasteiger partial charge in [0.15, 0.2) is 17.0 Å². The molecule has 0 fully saturated rings. The molecule has 0 aliphatic carbocycles. The fourth-order valence-electron chi connectivity index (χ4n) is 5.43. The van der Waals surface area contributed by atoms with E-state index in [1.54, 1.807) is 73.6 Å². The topological polar surface area (TPSA) is 165 Å². The summed E-state index contributed by atoms with van der Waals surface area (Å²) >= 11 is 0. The highest BCUT2D eigenvalue weighted by atomic mass is 16.8. The number of hydrogen-bond acceptors (Lipinski definition) is 12. The van der Waals surface area contributed by atoms with Gasteiger partial charge >= 0.3 is 30.3 Å². The number of carbonyl (C=O) groups is 5. The summed E-state index contributed by atoms with van der Waals surface area (Å²) in [6.07, 6.45) is 21.3. The normalized spacial score (nSPS) is 15.3. The second-order valence-electron chi connectivity index (χ2n) is 16.7. The lowest BCUT2D eigenvalue weighted by Gasteiger charge is -2.39. The van der Waals surface area contributed by atoms with Gasteiger partial charge in [0, 0.05) is 33.6 Å². The molecule has 14 heteroatoms. The molecule has 1 aromatic carbocycles. The van der Waals surface area contributed by atoms with Gasteiger partial charge in [-0.25, -0.2) is 24.6 Å². The van der Waals surface area contributed by atoms with Gasteiger partial charge in [0.25, 0.3) is 0 Å². The van der Waals surface area contributed by atoms with Crippen LogP contribution in [0.1, 0.15) is 133 Å². The maximum Gasteiger partial charge on any atom is 0.519 e. The molecule has 2 rings (SSSR count). The van der Waals surface area contributed by atoms with E-state index in [-0.39, 0.29) is 12.8 Å². The first-order valence-electron chi connectivity index (χ1n) is 20.4. The van der Waals surface area contributed by atoms with Crippen LogP contribution in [0.2, 0.25) is 0 Å². The van der Waals surface area contributed by atoms with Gasteiger partial charge in [0.05, 0.1) is 0 Å². The van der Waals surface area contributed by atoms with Crippen LogP contribution in [0.25, 0.3) is 0 Å². The summed E-state index contributed by atoms with van der Waals surface area (Å²) < 4.78 is 38.0. The van der Waals surface area contributed by atoms with Crippen LogP contribution in [0.15, 0.2) is 79.0 Å². The Kier molecular flexibility index (Phi) is 20.2. The first-order valence-corrected chi connectivity index (χ1v) is 20.4. The number of amides is 2. The van der Waals surface area contributed by atoms with Gasteiger partial charge in [-0.05, 0) is 111 Å². The minimum Gasteiger partial charge on any atom is -0.449 e. The second-order valence-corrected chi connectivity index (χ2v) is 16.7. The third kappa shape index (κ3) is 20.0. The molecule has 332 valence electrons. The van der Waals surface area contributed by atoms with Crippen LogP contribution in [0.3, 0.4) is 0 Å². The number of esters is 2. The van der Waals surface area contributed by atoms with E-state index in [2.05, 4.69) is 61.0 Å². The van der Waals surface area contributed by atoms with Crippen molar-refractivity contribution < 1.29 is 57.1 Å². The standard InChI is InChI=1S/C46H66N2O12/c1-12-13-14-15-16-17-18-19-20-21-22-23-24-25-26-27-28-29-38(49)54-34(2)55-42(53)56-39(50)46(11,33-35-30-31-36-37(32-35)58-45(9,10)57-36)48(41(52)60-44(6,7)8)47-40(51)59-43(3,4)5/h13-14,16-17,19-20,22-23,25-26,30-32,34H,12,15,18,21,24,27-29,33H2,1-11H3,(H,47,51)/b14-13-,17-16-,20-19-,23-22-,26-25-/t34?,46-/m0/s1. The lowest BCUT2D eigenvalue weighted by Crippen LogP contribution is -2.65. The summed E-state index contributed by atoms with van der Waals surface area (Å²) in [5, 5.41) is 0.608. The Morgan fingerprint density at radius 2 is 1.28 bits per heavy atom. The molecule has 2 amide bonds. The fourth-order valence-corrected chi connectivity index (χ4v) is 5.43. The van der Waals surface area contributed by atoms with Crippen molar-refractivity contribution in [1.29, 1.82) is 0 Å². The van der Waals surface area contributed by atoms with Crippen LogP contribution in [0.5, 0.6) is 11.5 Å². The fraction of sp³-hybridized carbons (Fsp3) is 0.543. The molecular formula is C46H66N2O12. The van der Waals surface area contributed by atoms with Gasteiger partial charge in [0.2, 0.25) is 12.1 Å². The predicted molar refractivity (Wildman–Crippen MR) is 228 cm³/mol. The largest absolute Gasteiger partial charge is 0.519 e. The average molecular weight is 839 g/mol. The van der Waals surface area contributed by atoms with Crippen LogP contribution < -0.4 is 14.9 Å². The molecule has 1 aliphatic rings. The van der Waals surface area contributed by atoms with Gasteiger partial charge in [-0.1, -0.05) is 73.8 Å². The van der Waals surface area contributed by atoms with Gasteiger partial charge < -0.3 is 33.2 Å². The second kappa shape index (κ2) is 23.9. The predicted octanol–water partition coefficient (Wildman–Crippen LogP) is 10.7. The van der Waals surface area contributed by atoms with E-state index in [0.717, 1.165) is 32.1 Å². The summed E-state index contributed by atoms with van der Waals surface area (Å²) in [5.74, 6) is -2.08. The number of nitrogens with zero attached hydrogens (tertiary/aromatic N) is 1. The third-order valence-corrected chi connectivity index (χ3v) is 8.02. The van der Waals surface area contributed by atoms with E-state index in [1.807, 2.05) is 12.2 Å². The molecule has 1 aromatic rings. The molecule has 2 atom stereocenters. The Bertz CT molecular complexity index is 1750. The average Bonchev–Trinajstić information content (AvgIpc) is 3.43. The first kappa shape index (κ1) is 50.6. The summed E-state index contributed by atoms with van der Waals surface area (Å²) in [6.45, 7) is 17.7. The molecule has 0 spiro atoms. The maximum atomic E-state index is 14.0. The molecule has 1 heterocycles. The van der Waals surface area contributed by atoms with Crippen molar-refractivity contribution in [3.8, 4) is 11.5 Å². The number of rotatable bonds is 19.